The highest BCUT2D eigenvalue weighted by atomic mass is 16.5. The van der Waals surface area contributed by atoms with Gasteiger partial charge in [0.15, 0.2) is 5.78 Å². The Hall–Kier alpha value is -5.63. The third-order valence-electron chi connectivity index (χ3n) is 12.8. The van der Waals surface area contributed by atoms with Crippen LogP contribution in [-0.2, 0) is 71.7 Å². The van der Waals surface area contributed by atoms with Gasteiger partial charge >= 0.3 is 29.8 Å². The van der Waals surface area contributed by atoms with Crippen LogP contribution in [0.1, 0.15) is 188 Å². The first-order chi connectivity index (χ1) is 38.4. The summed E-state index contributed by atoms with van der Waals surface area (Å²) >= 11 is 0. The summed E-state index contributed by atoms with van der Waals surface area (Å²) in [5.74, 6) is -9.40. The molecule has 0 fully saturated rings. The minimum absolute atomic E-state index is 0. The number of carboxylic acid groups (broad SMARTS) is 5. The topological polar surface area (TPSA) is 386 Å². The zero-order chi connectivity index (χ0) is 59.6. The predicted octanol–water partition coefficient (Wildman–Crippen LogP) is 4.58. The molecule has 0 bridgehead atoms. The number of ether oxygens (including phenoxy) is 4. The van der Waals surface area contributed by atoms with Gasteiger partial charge in [-0.3, -0.25) is 43.2 Å². The van der Waals surface area contributed by atoms with Crippen LogP contribution in [-0.4, -0.2) is 181 Å². The molecule has 0 aliphatic heterocycles. The highest BCUT2D eigenvalue weighted by molar-refractivity contribution is 5.87. The molecule has 0 spiro atoms. The molecule has 0 heterocycles. The van der Waals surface area contributed by atoms with Crippen molar-refractivity contribution in [1.29, 1.82) is 0 Å². The summed E-state index contributed by atoms with van der Waals surface area (Å²) in [6, 6.07) is -3.30. The Balaban J connectivity index is 0. The molecule has 0 aromatic rings. The fraction of sp³-hybridized carbons (Fsp3) is 0.800. The van der Waals surface area contributed by atoms with Gasteiger partial charge in [0.2, 0.25) is 23.6 Å². The first kappa shape index (κ1) is 74.4. The van der Waals surface area contributed by atoms with Crippen molar-refractivity contribution in [2.75, 3.05) is 72.5 Å². The standard InChI is InChI=1S/C55H95N5O20.H2/c1-2-56-44(53(71)72)21-17-18-30-57-47(63)28-24-41(52(69)70)38-42(61)25-26-45(54(73)74)60-50(66)40-80-37-34-77-32-19-20-43(62)39-79-36-35-78-33-31-58-48(64)29-27-46(55(75)76)59-49(65)22-15-13-11-9-7-5-3-4-6-8-10-12-14-16-23-51(67)68;/h41,44-46,56H,2-40H2,1H3,(H,57,63)(H,58,64)(H,59,65)(H,60,66)(H,67,68)(H,69,70)(H,71,72)(H,73,74)(H,75,76);1H/t41?,44-,45-,46-;/m0./s1. The largest absolute Gasteiger partial charge is 0.481 e. The number of Topliss-reactive ketones (excluding diaryl/α,β-unsaturated/α-hetero) is 2. The lowest BCUT2D eigenvalue weighted by atomic mass is 9.94. The third-order valence-corrected chi connectivity index (χ3v) is 12.8. The summed E-state index contributed by atoms with van der Waals surface area (Å²) < 4.78 is 21.4. The van der Waals surface area contributed by atoms with E-state index in [1.165, 1.54) is 32.1 Å². The Morgan fingerprint density at radius 1 is 0.375 bits per heavy atom. The smallest absolute Gasteiger partial charge is 0.326 e. The van der Waals surface area contributed by atoms with Crippen LogP contribution in [0.15, 0.2) is 0 Å². The van der Waals surface area contributed by atoms with Crippen molar-refractivity contribution in [2.24, 2.45) is 5.92 Å². The van der Waals surface area contributed by atoms with Gasteiger partial charge in [0.1, 0.15) is 37.1 Å². The molecule has 25 nitrogen and oxygen atoms in total. The van der Waals surface area contributed by atoms with Gasteiger partial charge in [-0.25, -0.2) is 9.59 Å². The first-order valence-corrected chi connectivity index (χ1v) is 28.7. The molecule has 10 N–H and O–H groups in total. The molecule has 0 saturated heterocycles. The second-order valence-electron chi connectivity index (χ2n) is 19.8. The van der Waals surface area contributed by atoms with Crippen molar-refractivity contribution in [3.05, 3.63) is 0 Å². The first-order valence-electron chi connectivity index (χ1n) is 28.7. The molecular weight excluding hydrogens is 1050 g/mol. The zero-order valence-electron chi connectivity index (χ0n) is 47.2. The summed E-state index contributed by atoms with van der Waals surface area (Å²) in [7, 11) is 0. The molecule has 80 heavy (non-hydrogen) atoms. The summed E-state index contributed by atoms with van der Waals surface area (Å²) in [6.07, 6.45) is 15.8. The van der Waals surface area contributed by atoms with Gasteiger partial charge in [0, 0.05) is 66.1 Å². The number of carbonyl (C=O) groups is 11. The van der Waals surface area contributed by atoms with Crippen LogP contribution in [0, 0.1) is 5.92 Å². The van der Waals surface area contributed by atoms with Gasteiger partial charge in [0.05, 0.1) is 39.0 Å². The predicted molar refractivity (Wildman–Crippen MR) is 294 cm³/mol. The lowest BCUT2D eigenvalue weighted by Gasteiger charge is -2.16. The number of hydrogen-bond acceptors (Lipinski definition) is 16. The van der Waals surface area contributed by atoms with E-state index in [4.69, 9.17) is 24.1 Å². The monoisotopic (exact) mass is 1150 g/mol. The highest BCUT2D eigenvalue weighted by Crippen LogP contribution is 2.17. The molecule has 462 valence electrons. The molecular formula is C55H97N5O20. The molecule has 0 aromatic heterocycles. The molecule has 25 heteroatoms. The molecule has 4 amide bonds. The Kier molecular flexibility index (Phi) is 46.8. The minimum atomic E-state index is -1.44. The van der Waals surface area contributed by atoms with Gasteiger partial charge in [0.25, 0.3) is 0 Å². The van der Waals surface area contributed by atoms with Crippen LogP contribution in [0.25, 0.3) is 0 Å². The van der Waals surface area contributed by atoms with Crippen molar-refractivity contribution >= 4 is 65.0 Å². The number of aliphatic carboxylic acids is 5. The van der Waals surface area contributed by atoms with Gasteiger partial charge in [-0.05, 0) is 64.3 Å². The SMILES string of the molecule is CCN[C@@H](CCCCNC(=O)CCC(CC(=O)CC[C@H](NC(=O)COCCOCCCC(=O)COCCOCCNC(=O)CC[C@H](NC(=O)CCCCCCCCCCCCCCCCC(=O)O)C(=O)O)C(=O)O)C(=O)O)C(=O)O.[HH]. The molecule has 1 unspecified atom stereocenters. The van der Waals surface area contributed by atoms with E-state index in [2.05, 4.69) is 26.6 Å². The van der Waals surface area contributed by atoms with Gasteiger partial charge in [-0.2, -0.15) is 0 Å². The Labute approximate surface area is 472 Å². The summed E-state index contributed by atoms with van der Waals surface area (Å²) in [5.41, 5.74) is 0. The molecule has 0 rings (SSSR count). The molecule has 0 aromatic carbocycles. The van der Waals surface area contributed by atoms with Crippen molar-refractivity contribution < 1.29 is 98.6 Å². The van der Waals surface area contributed by atoms with E-state index in [9.17, 15) is 73.2 Å². The number of hydrogen-bond donors (Lipinski definition) is 10. The second-order valence-corrected chi connectivity index (χ2v) is 19.8. The van der Waals surface area contributed by atoms with E-state index in [1.54, 1.807) is 6.92 Å². The number of carboxylic acids is 5. The van der Waals surface area contributed by atoms with Crippen molar-refractivity contribution in [3.8, 4) is 0 Å². The van der Waals surface area contributed by atoms with Gasteiger partial charge < -0.3 is 71.1 Å². The number of carbonyl (C=O) groups excluding carboxylic acids is 6. The van der Waals surface area contributed by atoms with Crippen LogP contribution in [0.5, 0.6) is 0 Å². The van der Waals surface area contributed by atoms with E-state index in [0.29, 0.717) is 38.6 Å². The van der Waals surface area contributed by atoms with Crippen molar-refractivity contribution in [3.63, 3.8) is 0 Å². The van der Waals surface area contributed by atoms with E-state index in [-0.39, 0.29) is 136 Å². The van der Waals surface area contributed by atoms with Crippen molar-refractivity contribution in [2.45, 2.75) is 205 Å². The maximum absolute atomic E-state index is 12.6. The quantitative estimate of drug-likeness (QED) is 0.0373. The van der Waals surface area contributed by atoms with Gasteiger partial charge in [-0.15, -0.1) is 0 Å². The molecule has 0 aliphatic carbocycles. The average molecular weight is 1150 g/mol. The van der Waals surface area contributed by atoms with Gasteiger partial charge in [-0.1, -0.05) is 84.0 Å². The fourth-order valence-corrected chi connectivity index (χ4v) is 8.21. The average Bonchev–Trinajstić information content (AvgIpc) is 3.40. The Bertz CT molecular complexity index is 1810. The van der Waals surface area contributed by atoms with Crippen molar-refractivity contribution in [1.82, 2.24) is 26.6 Å². The zero-order valence-corrected chi connectivity index (χ0v) is 47.2. The molecule has 0 saturated carbocycles. The normalized spacial score (nSPS) is 12.6. The highest BCUT2D eigenvalue weighted by Gasteiger charge is 2.26. The summed E-state index contributed by atoms with van der Waals surface area (Å²) in [5, 5.41) is 59.5. The number of amides is 4. The maximum atomic E-state index is 12.6. The van der Waals surface area contributed by atoms with E-state index < -0.39 is 84.5 Å². The van der Waals surface area contributed by atoms with Crippen LogP contribution >= 0.6 is 0 Å². The number of rotatable bonds is 58. The Morgan fingerprint density at radius 2 is 0.850 bits per heavy atom. The van der Waals surface area contributed by atoms with E-state index in [0.717, 1.165) is 51.4 Å². The number of ketones is 2. The molecule has 0 aliphatic rings. The fourth-order valence-electron chi connectivity index (χ4n) is 8.21. The maximum Gasteiger partial charge on any atom is 0.326 e. The van der Waals surface area contributed by atoms with Crippen LogP contribution in [0.3, 0.4) is 0 Å². The van der Waals surface area contributed by atoms with E-state index in [1.807, 2.05) is 0 Å². The van der Waals surface area contributed by atoms with Crippen LogP contribution in [0.2, 0.25) is 0 Å². The van der Waals surface area contributed by atoms with Crippen LogP contribution < -0.4 is 26.6 Å². The number of unbranched alkanes of at least 4 members (excludes halogenated alkanes) is 14. The number of nitrogens with one attached hydrogen (secondary N) is 5. The third kappa shape index (κ3) is 46.2. The molecule has 0 radical (unpaired) electrons. The second kappa shape index (κ2) is 50.3. The molecule has 4 atom stereocenters. The minimum Gasteiger partial charge on any atom is -0.481 e. The van der Waals surface area contributed by atoms with Crippen LogP contribution in [0.4, 0.5) is 0 Å². The Morgan fingerprint density at radius 3 is 1.39 bits per heavy atom. The summed E-state index contributed by atoms with van der Waals surface area (Å²) in [6.45, 7) is 2.84. The summed E-state index contributed by atoms with van der Waals surface area (Å²) in [4.78, 5) is 131. The number of likely N-dealkylation sites (N-methyl/N-ethyl adjacent to an activating group) is 1. The lowest BCUT2D eigenvalue weighted by molar-refractivity contribution is -0.145. The lowest BCUT2D eigenvalue weighted by Crippen LogP contribution is -2.42. The van der Waals surface area contributed by atoms with E-state index >= 15 is 0 Å².